The van der Waals surface area contributed by atoms with Crippen molar-refractivity contribution in [2.45, 2.75) is 12.6 Å². The molecule has 1 saturated heterocycles. The molecule has 0 bridgehead atoms. The summed E-state index contributed by atoms with van der Waals surface area (Å²) < 4.78 is 38.3. The fraction of sp³-hybridized carbons (Fsp3) is 0.353. The number of nitrogens with zero attached hydrogens (tertiary/aromatic N) is 4. The molecule has 27 heavy (non-hydrogen) atoms. The van der Waals surface area contributed by atoms with E-state index < -0.39 is 11.7 Å². The van der Waals surface area contributed by atoms with Crippen molar-refractivity contribution in [1.82, 2.24) is 14.9 Å². The van der Waals surface area contributed by atoms with Crippen molar-refractivity contribution in [1.29, 1.82) is 0 Å². The van der Waals surface area contributed by atoms with Crippen LogP contribution >= 0.6 is 23.2 Å². The van der Waals surface area contributed by atoms with E-state index in [-0.39, 0.29) is 21.9 Å². The van der Waals surface area contributed by atoms with Gasteiger partial charge in [-0.3, -0.25) is 4.79 Å². The summed E-state index contributed by atoms with van der Waals surface area (Å²) in [6.07, 6.45) is -1.62. The average molecular weight is 419 g/mol. The molecule has 3 heterocycles. The molecule has 2 aromatic heterocycles. The number of halogens is 5. The summed E-state index contributed by atoms with van der Waals surface area (Å²) in [5.74, 6) is 0.0415. The summed E-state index contributed by atoms with van der Waals surface area (Å²) in [6, 6.07) is 4.11. The van der Waals surface area contributed by atoms with Gasteiger partial charge in [-0.15, -0.1) is 0 Å². The van der Waals surface area contributed by atoms with Gasteiger partial charge in [-0.25, -0.2) is 9.97 Å². The van der Waals surface area contributed by atoms with Crippen molar-refractivity contribution in [3.8, 4) is 0 Å². The maximum Gasteiger partial charge on any atom is 0.417 e. The lowest BCUT2D eigenvalue weighted by atomic mass is 10.2. The fourth-order valence-corrected chi connectivity index (χ4v) is 3.35. The quantitative estimate of drug-likeness (QED) is 0.687. The van der Waals surface area contributed by atoms with Crippen molar-refractivity contribution in [2.75, 3.05) is 31.1 Å². The minimum absolute atomic E-state index is 0.0695. The highest BCUT2D eigenvalue weighted by Gasteiger charge is 2.32. The summed E-state index contributed by atoms with van der Waals surface area (Å²) in [4.78, 5) is 23.9. The Kier molecular flexibility index (Phi) is 5.76. The van der Waals surface area contributed by atoms with E-state index in [1.54, 1.807) is 21.9 Å². The van der Waals surface area contributed by atoms with Crippen LogP contribution in [0.1, 0.15) is 22.3 Å². The van der Waals surface area contributed by atoms with Gasteiger partial charge in [-0.05, 0) is 24.6 Å². The highest BCUT2D eigenvalue weighted by molar-refractivity contribution is 6.33. The molecule has 10 heteroatoms. The smallest absolute Gasteiger partial charge is 0.354 e. The van der Waals surface area contributed by atoms with Crippen molar-refractivity contribution in [2.24, 2.45) is 0 Å². The third kappa shape index (κ3) is 4.44. The minimum Gasteiger partial charge on any atom is -0.354 e. The van der Waals surface area contributed by atoms with Gasteiger partial charge >= 0.3 is 6.18 Å². The number of carbonyl (C=O) groups is 1. The Morgan fingerprint density at radius 1 is 1.11 bits per heavy atom. The molecule has 1 fully saturated rings. The molecular formula is C17H15Cl2F3N4O. The van der Waals surface area contributed by atoms with Crippen LogP contribution in [0.3, 0.4) is 0 Å². The van der Waals surface area contributed by atoms with E-state index >= 15 is 0 Å². The zero-order chi connectivity index (χ0) is 19.6. The normalized spacial score (nSPS) is 15.6. The zero-order valence-electron chi connectivity index (χ0n) is 14.0. The number of pyridine rings is 2. The third-order valence-corrected chi connectivity index (χ3v) is 4.80. The summed E-state index contributed by atoms with van der Waals surface area (Å²) in [6.45, 7) is 1.76. The molecule has 0 atom stereocenters. The van der Waals surface area contributed by atoms with Crippen molar-refractivity contribution in [3.05, 3.63) is 51.9 Å². The van der Waals surface area contributed by atoms with Gasteiger partial charge in [0.1, 0.15) is 11.0 Å². The van der Waals surface area contributed by atoms with Gasteiger partial charge in [0.15, 0.2) is 0 Å². The SMILES string of the molecule is O=C(c1cccnc1Cl)N1CCCN(c2ncc(C(F)(F)F)cc2Cl)CC1. The average Bonchev–Trinajstić information content (AvgIpc) is 2.87. The monoisotopic (exact) mass is 418 g/mol. The topological polar surface area (TPSA) is 49.3 Å². The summed E-state index contributed by atoms with van der Waals surface area (Å²) in [5, 5.41) is 0.0657. The van der Waals surface area contributed by atoms with Crippen LogP contribution in [-0.4, -0.2) is 47.0 Å². The molecule has 0 N–H and O–H groups in total. The Labute approximate surface area is 163 Å². The third-order valence-electron chi connectivity index (χ3n) is 4.22. The Balaban J connectivity index is 1.74. The molecule has 1 amide bonds. The molecule has 1 aliphatic heterocycles. The second-order valence-corrected chi connectivity index (χ2v) is 6.77. The zero-order valence-corrected chi connectivity index (χ0v) is 15.5. The number of hydrogen-bond donors (Lipinski definition) is 0. The van der Waals surface area contributed by atoms with Gasteiger partial charge in [-0.2, -0.15) is 13.2 Å². The lowest BCUT2D eigenvalue weighted by Gasteiger charge is -2.24. The van der Waals surface area contributed by atoms with Gasteiger partial charge in [0.05, 0.1) is 16.1 Å². The van der Waals surface area contributed by atoms with E-state index in [2.05, 4.69) is 9.97 Å². The van der Waals surface area contributed by atoms with Crippen molar-refractivity contribution in [3.63, 3.8) is 0 Å². The molecular weight excluding hydrogens is 404 g/mol. The van der Waals surface area contributed by atoms with Gasteiger partial charge in [0, 0.05) is 38.6 Å². The van der Waals surface area contributed by atoms with E-state index in [0.717, 1.165) is 12.3 Å². The molecule has 1 aliphatic rings. The first-order valence-electron chi connectivity index (χ1n) is 8.15. The van der Waals surface area contributed by atoms with Gasteiger partial charge in [-0.1, -0.05) is 23.2 Å². The first kappa shape index (κ1) is 19.7. The lowest BCUT2D eigenvalue weighted by Crippen LogP contribution is -2.35. The maximum absolute atomic E-state index is 12.8. The van der Waals surface area contributed by atoms with Crippen molar-refractivity contribution >= 4 is 34.9 Å². The molecule has 3 rings (SSSR count). The predicted molar refractivity (Wildman–Crippen MR) is 96.2 cm³/mol. The molecule has 144 valence electrons. The van der Waals surface area contributed by atoms with Crippen LogP contribution < -0.4 is 4.90 Å². The molecule has 0 spiro atoms. The van der Waals surface area contributed by atoms with Crippen molar-refractivity contribution < 1.29 is 18.0 Å². The summed E-state index contributed by atoms with van der Waals surface area (Å²) >= 11 is 12.0. The standard InChI is InChI=1S/C17H15Cl2F3N4O/c18-13-9-11(17(20,21)22)10-24-15(13)25-5-2-6-26(8-7-25)16(27)12-3-1-4-23-14(12)19/h1,3-4,9-10H,2,5-8H2. The molecule has 5 nitrogen and oxygen atoms in total. The van der Waals surface area contributed by atoms with Crippen LogP contribution in [0.15, 0.2) is 30.6 Å². The van der Waals surface area contributed by atoms with Crippen LogP contribution in [0, 0.1) is 0 Å². The maximum atomic E-state index is 12.8. The van der Waals surface area contributed by atoms with Crippen LogP contribution in [-0.2, 0) is 6.18 Å². The van der Waals surface area contributed by atoms with Crippen LogP contribution in [0.4, 0.5) is 19.0 Å². The highest BCUT2D eigenvalue weighted by Crippen LogP contribution is 2.33. The molecule has 0 saturated carbocycles. The molecule has 0 aliphatic carbocycles. The Bertz CT molecular complexity index is 847. The second kappa shape index (κ2) is 7.90. The number of aromatic nitrogens is 2. The second-order valence-electron chi connectivity index (χ2n) is 6.00. The lowest BCUT2D eigenvalue weighted by molar-refractivity contribution is -0.137. The first-order chi connectivity index (χ1) is 12.8. The van der Waals surface area contributed by atoms with Gasteiger partial charge < -0.3 is 9.80 Å². The molecule has 0 aromatic carbocycles. The number of amides is 1. The molecule has 0 radical (unpaired) electrons. The minimum atomic E-state index is -4.50. The van der Waals surface area contributed by atoms with E-state index in [1.165, 1.54) is 6.20 Å². The van der Waals surface area contributed by atoms with E-state index in [4.69, 9.17) is 23.2 Å². The first-order valence-corrected chi connectivity index (χ1v) is 8.90. The number of rotatable bonds is 2. The highest BCUT2D eigenvalue weighted by atomic mass is 35.5. The Hall–Kier alpha value is -2.06. The number of carbonyl (C=O) groups excluding carboxylic acids is 1. The van der Waals surface area contributed by atoms with Crippen LogP contribution in [0.25, 0.3) is 0 Å². The molecule has 0 unspecified atom stereocenters. The van der Waals surface area contributed by atoms with Gasteiger partial charge in [0.25, 0.3) is 5.91 Å². The van der Waals surface area contributed by atoms with Gasteiger partial charge in [0.2, 0.25) is 0 Å². The Morgan fingerprint density at radius 2 is 1.89 bits per heavy atom. The van der Waals surface area contributed by atoms with E-state index in [1.807, 2.05) is 0 Å². The Morgan fingerprint density at radius 3 is 2.56 bits per heavy atom. The molecule has 2 aromatic rings. The number of hydrogen-bond acceptors (Lipinski definition) is 4. The number of anilines is 1. The summed E-state index contributed by atoms with van der Waals surface area (Å²) in [5.41, 5.74) is -0.576. The number of alkyl halides is 3. The summed E-state index contributed by atoms with van der Waals surface area (Å²) in [7, 11) is 0. The van der Waals surface area contributed by atoms with E-state index in [9.17, 15) is 18.0 Å². The largest absolute Gasteiger partial charge is 0.417 e. The van der Waals surface area contributed by atoms with E-state index in [0.29, 0.717) is 38.2 Å². The fourth-order valence-electron chi connectivity index (χ4n) is 2.87. The predicted octanol–water partition coefficient (Wildman–Crippen LogP) is 4.15. The van der Waals surface area contributed by atoms with Crippen LogP contribution in [0.5, 0.6) is 0 Å². The van der Waals surface area contributed by atoms with Crippen LogP contribution in [0.2, 0.25) is 10.2 Å².